The van der Waals surface area contributed by atoms with E-state index >= 15 is 8.78 Å². The predicted molar refractivity (Wildman–Crippen MR) is 190 cm³/mol. The van der Waals surface area contributed by atoms with E-state index in [1.807, 2.05) is 6.07 Å². The highest BCUT2D eigenvalue weighted by atomic mass is 35.5. The molecule has 57 heavy (non-hydrogen) atoms. The maximum absolute atomic E-state index is 15.4. The summed E-state index contributed by atoms with van der Waals surface area (Å²) in [5.41, 5.74) is -3.23. The highest BCUT2D eigenvalue weighted by molar-refractivity contribution is 7.92. The summed E-state index contributed by atoms with van der Waals surface area (Å²) in [7, 11) is -2.51. The van der Waals surface area contributed by atoms with Gasteiger partial charge < -0.3 is 5.32 Å². The van der Waals surface area contributed by atoms with Crippen LogP contribution >= 0.6 is 11.6 Å². The fraction of sp³-hybridized carbons (Fsp3) is 0.286. The summed E-state index contributed by atoms with van der Waals surface area (Å²) in [4.78, 5) is 37.2. The van der Waals surface area contributed by atoms with Crippen LogP contribution < -0.4 is 15.6 Å². The van der Waals surface area contributed by atoms with Crippen molar-refractivity contribution in [3.8, 4) is 11.8 Å². The maximum Gasteiger partial charge on any atom is 0.293 e. The van der Waals surface area contributed by atoms with Crippen molar-refractivity contribution in [3.05, 3.63) is 104 Å². The van der Waals surface area contributed by atoms with Crippen molar-refractivity contribution < 1.29 is 39.6 Å². The number of hydrogen-bond donors (Lipinski definition) is 2. The van der Waals surface area contributed by atoms with Gasteiger partial charge in [0.15, 0.2) is 11.5 Å². The monoisotopic (exact) mass is 830 g/mol. The molecule has 3 atom stereocenters. The number of carbonyl (C=O) groups is 1. The van der Waals surface area contributed by atoms with Gasteiger partial charge in [-0.05, 0) is 48.2 Å². The molecule has 1 fully saturated rings. The smallest absolute Gasteiger partial charge is 0.293 e. The van der Waals surface area contributed by atoms with E-state index in [9.17, 15) is 40.8 Å². The van der Waals surface area contributed by atoms with Gasteiger partial charge in [-0.2, -0.15) is 24.2 Å². The number of pyridine rings is 1. The first-order valence-electron chi connectivity index (χ1n) is 16.8. The molecule has 0 bridgehead atoms. The normalized spacial score (nSPS) is 17.4. The number of nitrogens with one attached hydrogen (secondary N) is 2. The van der Waals surface area contributed by atoms with Gasteiger partial charge in [-0.25, -0.2) is 35.9 Å². The van der Waals surface area contributed by atoms with Gasteiger partial charge in [0.2, 0.25) is 15.9 Å². The van der Waals surface area contributed by atoms with E-state index in [2.05, 4.69) is 30.2 Å². The Labute approximate surface area is 321 Å². The van der Waals surface area contributed by atoms with Crippen LogP contribution in [-0.4, -0.2) is 54.7 Å². The van der Waals surface area contributed by atoms with Crippen molar-refractivity contribution in [1.82, 2.24) is 39.4 Å². The Morgan fingerprint density at radius 2 is 1.86 bits per heavy atom. The molecular formula is C35H25ClF6N10O4S. The minimum atomic E-state index is -3.92. The summed E-state index contributed by atoms with van der Waals surface area (Å²) in [6, 6.07) is 6.65. The van der Waals surface area contributed by atoms with Crippen LogP contribution in [0.25, 0.3) is 27.6 Å². The average molecular weight is 831 g/mol. The van der Waals surface area contributed by atoms with Crippen LogP contribution in [0.2, 0.25) is 5.02 Å². The number of anilines is 1. The van der Waals surface area contributed by atoms with Crippen LogP contribution in [0.4, 0.5) is 32.2 Å². The number of aryl methyl sites for hydroxylation is 1. The maximum atomic E-state index is 15.4. The van der Waals surface area contributed by atoms with Gasteiger partial charge in [0, 0.05) is 37.2 Å². The van der Waals surface area contributed by atoms with Crippen molar-refractivity contribution in [1.29, 1.82) is 5.26 Å². The molecule has 2 aromatic carbocycles. The summed E-state index contributed by atoms with van der Waals surface area (Å²) < 4.78 is 117. The quantitative estimate of drug-likeness (QED) is 0.174. The van der Waals surface area contributed by atoms with Gasteiger partial charge >= 0.3 is 0 Å². The number of halogens is 7. The molecule has 1 saturated carbocycles. The molecule has 8 rings (SSSR count). The number of benzene rings is 2. The van der Waals surface area contributed by atoms with Crippen LogP contribution in [0.3, 0.4) is 0 Å². The molecule has 294 valence electrons. The highest BCUT2D eigenvalue weighted by Crippen LogP contribution is 2.68. The molecule has 2 aliphatic carbocycles. The van der Waals surface area contributed by atoms with Crippen molar-refractivity contribution in [2.24, 2.45) is 13.0 Å². The van der Waals surface area contributed by atoms with Gasteiger partial charge in [-0.15, -0.1) is 0 Å². The summed E-state index contributed by atoms with van der Waals surface area (Å²) in [6.45, 7) is -1.01. The first-order valence-corrected chi connectivity index (χ1v) is 19.1. The summed E-state index contributed by atoms with van der Waals surface area (Å²) in [6.07, 6.45) is -1.74. The molecule has 0 aliphatic heterocycles. The molecule has 14 nitrogen and oxygen atoms in total. The van der Waals surface area contributed by atoms with Crippen molar-refractivity contribution in [2.75, 3.05) is 11.0 Å². The average Bonchev–Trinajstić information content (AvgIpc) is 3.66. The zero-order chi connectivity index (χ0) is 40.9. The highest BCUT2D eigenvalue weighted by Gasteiger charge is 2.67. The zero-order valence-corrected chi connectivity index (χ0v) is 30.8. The Hall–Kier alpha value is -6.01. The number of alkyl halides is 4. The van der Waals surface area contributed by atoms with E-state index in [4.69, 9.17) is 11.6 Å². The Bertz CT molecular complexity index is 2910. The van der Waals surface area contributed by atoms with Crippen LogP contribution in [0, 0.1) is 28.9 Å². The molecule has 0 radical (unpaired) electrons. The van der Waals surface area contributed by atoms with Gasteiger partial charge in [0.25, 0.3) is 17.9 Å². The van der Waals surface area contributed by atoms with Gasteiger partial charge in [0.1, 0.15) is 41.5 Å². The Morgan fingerprint density at radius 1 is 1.14 bits per heavy atom. The second-order valence-corrected chi connectivity index (χ2v) is 15.9. The van der Waals surface area contributed by atoms with Crippen LogP contribution in [-0.2, 0) is 40.8 Å². The van der Waals surface area contributed by atoms with E-state index in [-0.39, 0.29) is 67.4 Å². The Kier molecular flexibility index (Phi) is 8.84. The molecule has 0 spiro atoms. The predicted octanol–water partition coefficient (Wildman–Crippen LogP) is 5.29. The Morgan fingerprint density at radius 3 is 2.53 bits per heavy atom. The largest absolute Gasteiger partial charge is 0.344 e. The van der Waals surface area contributed by atoms with Crippen LogP contribution in [0.15, 0.2) is 47.4 Å². The standard InChI is InChI=1S/C35H25ClF6N10O4S/c1-50-28-23(4-3-21(36)26(28)32(48-50)49-57(2,55)56)52-33(46-31-19(34(52)54)7-15(11-43)12-44-31)22(8-14-5-16(37)9-17(38)6-14)45-24(53)13-51-29-25(27(47-51)30(39)40)18-10-20(18)35(29,41)42/h3-7,9,12,18,20,22,30H,8,10,13H2,1-2H3,(H,45,53)(H,48,49)/t18?,20-,22?/m1/s1. The molecule has 2 aliphatic rings. The lowest BCUT2D eigenvalue weighted by atomic mass is 10.0. The number of carbonyl (C=O) groups excluding carboxylic acids is 1. The molecule has 4 heterocycles. The van der Waals surface area contributed by atoms with E-state index in [1.54, 1.807) is 0 Å². The van der Waals surface area contributed by atoms with E-state index in [0.29, 0.717) is 10.7 Å². The second kappa shape index (κ2) is 13.3. The number of nitrogens with zero attached hydrogens (tertiary/aromatic N) is 8. The summed E-state index contributed by atoms with van der Waals surface area (Å²) in [5, 5.41) is 19.9. The fourth-order valence-corrected chi connectivity index (χ4v) is 8.26. The molecule has 2 unspecified atom stereocenters. The third kappa shape index (κ3) is 6.51. The summed E-state index contributed by atoms with van der Waals surface area (Å²) in [5.74, 6) is -9.27. The number of sulfonamides is 1. The number of fused-ring (bicyclic) bond motifs is 5. The fourth-order valence-electron chi connectivity index (χ4n) is 7.53. The SMILES string of the molecule is Cn1nc(NS(C)(=O)=O)c2c(Cl)ccc(-n3c(C(Cc4cc(F)cc(F)c4)NC(=O)Cn4nc(C(F)F)c5c4C(F)(F)[C@@H]4CC54)nc4ncc(C#N)cc4c3=O)c21. The zero-order valence-electron chi connectivity index (χ0n) is 29.2. The third-order valence-electron chi connectivity index (χ3n) is 9.79. The van der Waals surface area contributed by atoms with Crippen LogP contribution in [0.1, 0.15) is 58.7 Å². The van der Waals surface area contributed by atoms with E-state index in [0.717, 1.165) is 29.2 Å². The number of nitriles is 1. The van der Waals surface area contributed by atoms with Gasteiger partial charge in [-0.1, -0.05) is 11.6 Å². The minimum absolute atomic E-state index is 0.00534. The lowest BCUT2D eigenvalue weighted by Gasteiger charge is -2.24. The van der Waals surface area contributed by atoms with Crippen molar-refractivity contribution >= 4 is 55.3 Å². The third-order valence-corrected chi connectivity index (χ3v) is 10.7. The minimum Gasteiger partial charge on any atom is -0.344 e. The first-order chi connectivity index (χ1) is 26.9. The molecule has 4 aromatic heterocycles. The molecule has 6 aromatic rings. The first kappa shape index (κ1) is 37.9. The topological polar surface area (TPSA) is 182 Å². The van der Waals surface area contributed by atoms with E-state index in [1.165, 1.54) is 29.9 Å². The van der Waals surface area contributed by atoms with Gasteiger partial charge in [0.05, 0.1) is 44.9 Å². The lowest BCUT2D eigenvalue weighted by Crippen LogP contribution is -2.38. The van der Waals surface area contributed by atoms with E-state index < -0.39 is 87.7 Å². The van der Waals surface area contributed by atoms with Crippen molar-refractivity contribution in [3.63, 3.8) is 0 Å². The molecule has 0 saturated heterocycles. The summed E-state index contributed by atoms with van der Waals surface area (Å²) >= 11 is 6.54. The second-order valence-electron chi connectivity index (χ2n) is 13.7. The molecular weight excluding hydrogens is 806 g/mol. The number of aromatic nitrogens is 7. The van der Waals surface area contributed by atoms with Gasteiger partial charge in [-0.3, -0.25) is 28.2 Å². The van der Waals surface area contributed by atoms with Crippen LogP contribution in [0.5, 0.6) is 0 Å². The Balaban J connectivity index is 1.33. The van der Waals surface area contributed by atoms with Crippen molar-refractivity contribution in [2.45, 2.75) is 43.7 Å². The molecule has 22 heteroatoms. The number of rotatable bonds is 10. The lowest BCUT2D eigenvalue weighted by molar-refractivity contribution is -0.123. The number of amides is 1. The molecule has 2 N–H and O–H groups in total. The molecule has 1 amide bonds. The number of hydrogen-bond acceptors (Lipinski definition) is 9.